The van der Waals surface area contributed by atoms with Crippen molar-refractivity contribution in [2.24, 2.45) is 0 Å². The van der Waals surface area contributed by atoms with E-state index in [1.54, 1.807) is 41.3 Å². The van der Waals surface area contributed by atoms with E-state index in [-0.39, 0.29) is 31.5 Å². The summed E-state index contributed by atoms with van der Waals surface area (Å²) < 4.78 is 29.1. The fraction of sp³-hybridized carbons (Fsp3) is 0.462. The maximum absolute atomic E-state index is 14.7. The molecule has 0 spiro atoms. The molecule has 2 aromatic rings. The molecule has 0 radical (unpaired) electrons. The first-order valence-corrected chi connectivity index (χ1v) is 12.4. The number of amides is 4. The van der Waals surface area contributed by atoms with Crippen LogP contribution >= 0.6 is 0 Å². The zero-order valence-electron chi connectivity index (χ0n) is 19.8. The van der Waals surface area contributed by atoms with Crippen LogP contribution in [-0.2, 0) is 9.59 Å². The number of pyridine rings is 1. The Morgan fingerprint density at radius 3 is 2.47 bits per heavy atom. The molecule has 2 N–H and O–H groups in total. The molecule has 8 nitrogen and oxygen atoms in total. The average Bonchev–Trinajstić information content (AvgIpc) is 3.60. The molecule has 190 valence electrons. The first kappa shape index (κ1) is 24.1. The fourth-order valence-corrected chi connectivity index (χ4v) is 4.72. The second-order valence-electron chi connectivity index (χ2n) is 9.64. The van der Waals surface area contributed by atoms with Crippen molar-refractivity contribution in [3.63, 3.8) is 0 Å². The topological polar surface area (TPSA) is 94.6 Å². The Balaban J connectivity index is 1.31. The number of halogens is 2. The van der Waals surface area contributed by atoms with Gasteiger partial charge in [-0.3, -0.25) is 9.59 Å². The Labute approximate surface area is 208 Å². The van der Waals surface area contributed by atoms with Gasteiger partial charge in [-0.1, -0.05) is 36.4 Å². The van der Waals surface area contributed by atoms with E-state index in [9.17, 15) is 23.2 Å². The predicted molar refractivity (Wildman–Crippen MR) is 127 cm³/mol. The molecular weight excluding hydrogens is 468 g/mol. The minimum Gasteiger partial charge on any atom is -0.342 e. The number of aromatic nitrogens is 1. The van der Waals surface area contributed by atoms with Gasteiger partial charge in [0.05, 0.1) is 24.8 Å². The Morgan fingerprint density at radius 1 is 1.08 bits per heavy atom. The molecule has 4 amide bonds. The summed E-state index contributed by atoms with van der Waals surface area (Å²) in [4.78, 5) is 45.1. The molecular formula is C26H29F2N5O3. The number of nitrogens with one attached hydrogen (secondary N) is 2. The van der Waals surface area contributed by atoms with E-state index >= 15 is 0 Å². The van der Waals surface area contributed by atoms with Gasteiger partial charge in [-0.25, -0.2) is 14.2 Å². The van der Waals surface area contributed by atoms with Crippen molar-refractivity contribution in [1.82, 2.24) is 25.4 Å². The van der Waals surface area contributed by atoms with E-state index in [0.29, 0.717) is 29.9 Å². The van der Waals surface area contributed by atoms with E-state index in [1.807, 2.05) is 6.07 Å². The standard InChI is InChI=1S/C26H29F2N5O3/c27-18-13-21(33(15-18)22(34)14-29-26(36)32-11-4-12-32)25(35)31-23(17-5-2-1-3-6-17)20-10-9-19(16-7-8-16)24(28)30-20/h1-3,5-6,9-10,16,18,21,23H,4,7-8,11-15H2,(H,29,36)(H,31,35)/t18-,21+,23+/m1/s1. The summed E-state index contributed by atoms with van der Waals surface area (Å²) in [6.45, 7) is 0.732. The average molecular weight is 498 g/mol. The van der Waals surface area contributed by atoms with Crippen molar-refractivity contribution in [1.29, 1.82) is 0 Å². The van der Waals surface area contributed by atoms with Gasteiger partial charge in [-0.2, -0.15) is 4.39 Å². The second-order valence-corrected chi connectivity index (χ2v) is 9.64. The second kappa shape index (κ2) is 10.2. The van der Waals surface area contributed by atoms with Crippen molar-refractivity contribution in [3.8, 4) is 0 Å². The number of urea groups is 1. The maximum Gasteiger partial charge on any atom is 0.317 e. The highest BCUT2D eigenvalue weighted by Crippen LogP contribution is 2.41. The molecule has 3 atom stereocenters. The highest BCUT2D eigenvalue weighted by Gasteiger charge is 2.41. The summed E-state index contributed by atoms with van der Waals surface area (Å²) in [7, 11) is 0. The van der Waals surface area contributed by atoms with Crippen LogP contribution < -0.4 is 10.6 Å². The number of alkyl halides is 1. The van der Waals surface area contributed by atoms with Gasteiger partial charge in [-0.15, -0.1) is 0 Å². The lowest BCUT2D eigenvalue weighted by Crippen LogP contribution is -2.52. The van der Waals surface area contributed by atoms with E-state index in [0.717, 1.165) is 19.3 Å². The minimum atomic E-state index is -1.36. The van der Waals surface area contributed by atoms with E-state index < -0.39 is 36.0 Å². The van der Waals surface area contributed by atoms with Crippen LogP contribution in [0.2, 0.25) is 0 Å². The van der Waals surface area contributed by atoms with Gasteiger partial charge in [0.25, 0.3) is 0 Å². The Kier molecular flexibility index (Phi) is 6.84. The van der Waals surface area contributed by atoms with Crippen LogP contribution in [0.1, 0.15) is 54.5 Å². The molecule has 2 aliphatic heterocycles. The molecule has 3 fully saturated rings. The third kappa shape index (κ3) is 5.17. The number of benzene rings is 1. The summed E-state index contributed by atoms with van der Waals surface area (Å²) in [6, 6.07) is 10.3. The number of likely N-dealkylation sites (tertiary alicyclic amines) is 2. The van der Waals surface area contributed by atoms with Gasteiger partial charge in [-0.05, 0) is 36.8 Å². The van der Waals surface area contributed by atoms with Crippen LogP contribution in [0.5, 0.6) is 0 Å². The fourth-order valence-electron chi connectivity index (χ4n) is 4.72. The zero-order valence-corrected chi connectivity index (χ0v) is 19.8. The first-order chi connectivity index (χ1) is 17.4. The largest absolute Gasteiger partial charge is 0.342 e. The Bertz CT molecular complexity index is 1140. The number of rotatable bonds is 7. The van der Waals surface area contributed by atoms with Gasteiger partial charge in [0.1, 0.15) is 12.2 Å². The summed E-state index contributed by atoms with van der Waals surface area (Å²) in [6.07, 6.45) is 1.28. The van der Waals surface area contributed by atoms with Crippen molar-refractivity contribution in [2.45, 2.75) is 49.9 Å². The summed E-state index contributed by atoms with van der Waals surface area (Å²) >= 11 is 0. The van der Waals surface area contributed by atoms with Gasteiger partial charge in [0, 0.05) is 25.1 Å². The molecule has 3 heterocycles. The smallest absolute Gasteiger partial charge is 0.317 e. The molecule has 3 aliphatic rings. The summed E-state index contributed by atoms with van der Waals surface area (Å²) in [5, 5.41) is 5.41. The van der Waals surface area contributed by atoms with Gasteiger partial charge < -0.3 is 20.4 Å². The van der Waals surface area contributed by atoms with Crippen LogP contribution in [0, 0.1) is 5.95 Å². The molecule has 36 heavy (non-hydrogen) atoms. The molecule has 2 saturated heterocycles. The van der Waals surface area contributed by atoms with Crippen molar-refractivity contribution in [2.75, 3.05) is 26.2 Å². The summed E-state index contributed by atoms with van der Waals surface area (Å²) in [5.74, 6) is -1.44. The highest BCUT2D eigenvalue weighted by atomic mass is 19.1. The quantitative estimate of drug-likeness (QED) is 0.575. The molecule has 1 aromatic carbocycles. The first-order valence-electron chi connectivity index (χ1n) is 12.4. The molecule has 0 bridgehead atoms. The molecule has 1 aliphatic carbocycles. The van der Waals surface area contributed by atoms with Crippen LogP contribution in [0.4, 0.5) is 13.6 Å². The zero-order chi connectivity index (χ0) is 25.2. The maximum atomic E-state index is 14.7. The lowest BCUT2D eigenvalue weighted by atomic mass is 10.0. The number of hydrogen-bond acceptors (Lipinski definition) is 4. The number of nitrogens with zero attached hydrogens (tertiary/aromatic N) is 3. The molecule has 5 rings (SSSR count). The molecule has 0 unspecified atom stereocenters. The van der Waals surface area contributed by atoms with Gasteiger partial charge in [0.2, 0.25) is 17.8 Å². The van der Waals surface area contributed by atoms with E-state index in [1.165, 1.54) is 4.90 Å². The van der Waals surface area contributed by atoms with E-state index in [4.69, 9.17) is 0 Å². The van der Waals surface area contributed by atoms with E-state index in [2.05, 4.69) is 15.6 Å². The SMILES string of the molecule is O=C(N[C@@H](c1ccccc1)c1ccc(C2CC2)c(F)n1)[C@@H]1C[C@@H](F)CN1C(=O)CNC(=O)N1CCC1. The summed E-state index contributed by atoms with van der Waals surface area (Å²) in [5.41, 5.74) is 1.59. The van der Waals surface area contributed by atoms with Crippen molar-refractivity contribution < 1.29 is 23.2 Å². The lowest BCUT2D eigenvalue weighted by molar-refractivity contribution is -0.137. The normalized spacial score (nSPS) is 22.1. The Morgan fingerprint density at radius 2 is 1.83 bits per heavy atom. The number of carbonyl (C=O) groups is 3. The third-order valence-corrected chi connectivity index (χ3v) is 7.04. The van der Waals surface area contributed by atoms with Crippen LogP contribution in [-0.4, -0.2) is 71.0 Å². The lowest BCUT2D eigenvalue weighted by Gasteiger charge is -2.31. The monoisotopic (exact) mass is 497 g/mol. The minimum absolute atomic E-state index is 0.151. The molecule has 10 heteroatoms. The van der Waals surface area contributed by atoms with Crippen LogP contribution in [0.25, 0.3) is 0 Å². The van der Waals surface area contributed by atoms with Crippen LogP contribution in [0.15, 0.2) is 42.5 Å². The van der Waals surface area contributed by atoms with Crippen molar-refractivity contribution >= 4 is 17.8 Å². The van der Waals surface area contributed by atoms with Gasteiger partial charge in [0.15, 0.2) is 0 Å². The predicted octanol–water partition coefficient (Wildman–Crippen LogP) is 2.66. The number of carbonyl (C=O) groups excluding carboxylic acids is 3. The Hall–Kier alpha value is -3.56. The number of hydrogen-bond donors (Lipinski definition) is 2. The third-order valence-electron chi connectivity index (χ3n) is 7.04. The van der Waals surface area contributed by atoms with Crippen LogP contribution in [0.3, 0.4) is 0 Å². The molecule has 1 aromatic heterocycles. The molecule has 1 saturated carbocycles. The van der Waals surface area contributed by atoms with Gasteiger partial charge >= 0.3 is 6.03 Å². The van der Waals surface area contributed by atoms with Crippen molar-refractivity contribution in [3.05, 3.63) is 65.2 Å². The highest BCUT2D eigenvalue weighted by molar-refractivity contribution is 5.91.